The minimum Gasteiger partial charge on any atom is -0.493 e. The van der Waals surface area contributed by atoms with Crippen molar-refractivity contribution in [3.63, 3.8) is 0 Å². The number of aryl methyl sites for hydroxylation is 1. The molecule has 0 atom stereocenters. The topological polar surface area (TPSA) is 60.4 Å². The van der Waals surface area contributed by atoms with Gasteiger partial charge >= 0.3 is 0 Å². The number of hydrogen-bond acceptors (Lipinski definition) is 4. The predicted molar refractivity (Wildman–Crippen MR) is 84.5 cm³/mol. The Labute approximate surface area is 127 Å². The van der Waals surface area contributed by atoms with E-state index in [0.717, 1.165) is 5.56 Å². The molecule has 4 nitrogen and oxygen atoms in total. The number of ketones is 1. The molecule has 0 aliphatic heterocycles. The van der Waals surface area contributed by atoms with Gasteiger partial charge in [-0.3, -0.25) is 0 Å². The Morgan fingerprint density at radius 1 is 1.14 bits per heavy atom. The lowest BCUT2D eigenvalue weighted by atomic mass is 10.1. The van der Waals surface area contributed by atoms with Gasteiger partial charge in [0.25, 0.3) is 0 Å². The number of carbonyl (C=O) groups excluding carboxylic acids is 1. The molecule has 0 heterocycles. The van der Waals surface area contributed by atoms with E-state index in [1.54, 1.807) is 39.8 Å². The molecule has 0 saturated carbocycles. The van der Waals surface area contributed by atoms with Crippen LogP contribution in [0.1, 0.15) is 39.7 Å². The van der Waals surface area contributed by atoms with Gasteiger partial charge in [-0.25, -0.2) is 8.42 Å². The third kappa shape index (κ3) is 5.87. The van der Waals surface area contributed by atoms with E-state index in [2.05, 4.69) is 0 Å². The minimum absolute atomic E-state index is 0.00257. The average Bonchev–Trinajstić information content (AvgIpc) is 2.36. The van der Waals surface area contributed by atoms with Gasteiger partial charge in [-0.15, -0.1) is 0 Å². The van der Waals surface area contributed by atoms with Crippen LogP contribution in [-0.4, -0.2) is 31.3 Å². The number of rotatable bonds is 7. The van der Waals surface area contributed by atoms with Crippen molar-refractivity contribution in [1.82, 2.24) is 0 Å². The molecule has 0 aliphatic rings. The first kappa shape index (κ1) is 17.7. The molecule has 0 aromatic heterocycles. The van der Waals surface area contributed by atoms with Gasteiger partial charge in [-0.1, -0.05) is 12.1 Å². The average molecular weight is 312 g/mol. The van der Waals surface area contributed by atoms with Crippen molar-refractivity contribution in [2.24, 2.45) is 0 Å². The molecule has 5 heteroatoms. The Morgan fingerprint density at radius 3 is 2.19 bits per heavy atom. The van der Waals surface area contributed by atoms with Crippen molar-refractivity contribution < 1.29 is 17.9 Å². The van der Waals surface area contributed by atoms with Crippen LogP contribution in [0.3, 0.4) is 0 Å². The van der Waals surface area contributed by atoms with Gasteiger partial charge in [0.2, 0.25) is 0 Å². The third-order valence-electron chi connectivity index (χ3n) is 3.24. The molecule has 0 spiro atoms. The Kier molecular flexibility index (Phi) is 5.96. The molecule has 0 radical (unpaired) electrons. The number of ether oxygens (including phenoxy) is 1. The molecule has 0 amide bonds. The summed E-state index contributed by atoms with van der Waals surface area (Å²) in [7, 11) is -3.16. The molecule has 1 aromatic rings. The maximum Gasteiger partial charge on any atom is 0.158 e. The fraction of sp³-hybridized carbons (Fsp3) is 0.562. The standard InChI is InChI=1S/C16H24O4S/c1-13(17)5-6-14-7-9-15(10-8-14)20-11-12-21(18,19)16(2,3)4/h7-10H,5-6,11-12H2,1-4H3. The van der Waals surface area contributed by atoms with Crippen LogP contribution < -0.4 is 4.74 Å². The summed E-state index contributed by atoms with van der Waals surface area (Å²) in [6.45, 7) is 6.78. The fourth-order valence-electron chi connectivity index (χ4n) is 1.65. The molecule has 0 N–H and O–H groups in total. The molecule has 1 aromatic carbocycles. The van der Waals surface area contributed by atoms with E-state index in [0.29, 0.717) is 18.6 Å². The van der Waals surface area contributed by atoms with Crippen molar-refractivity contribution in [2.45, 2.75) is 45.3 Å². The SMILES string of the molecule is CC(=O)CCc1ccc(OCCS(=O)(=O)C(C)(C)C)cc1. The largest absolute Gasteiger partial charge is 0.493 e. The number of sulfone groups is 1. The molecular weight excluding hydrogens is 288 g/mol. The highest BCUT2D eigenvalue weighted by Gasteiger charge is 2.28. The lowest BCUT2D eigenvalue weighted by Crippen LogP contribution is -2.32. The van der Waals surface area contributed by atoms with Crippen LogP contribution in [-0.2, 0) is 21.1 Å². The lowest BCUT2D eigenvalue weighted by Gasteiger charge is -2.19. The predicted octanol–water partition coefficient (Wildman–Crippen LogP) is 2.80. The minimum atomic E-state index is -3.16. The summed E-state index contributed by atoms with van der Waals surface area (Å²) >= 11 is 0. The van der Waals surface area contributed by atoms with E-state index >= 15 is 0 Å². The van der Waals surface area contributed by atoms with Gasteiger partial charge in [-0.2, -0.15) is 0 Å². The molecule has 21 heavy (non-hydrogen) atoms. The van der Waals surface area contributed by atoms with Crippen LogP contribution in [0.25, 0.3) is 0 Å². The summed E-state index contributed by atoms with van der Waals surface area (Å²) in [5.41, 5.74) is 1.07. The van der Waals surface area contributed by atoms with E-state index in [-0.39, 0.29) is 18.1 Å². The van der Waals surface area contributed by atoms with E-state index in [9.17, 15) is 13.2 Å². The monoisotopic (exact) mass is 312 g/mol. The Balaban J connectivity index is 2.48. The van der Waals surface area contributed by atoms with E-state index in [4.69, 9.17) is 4.74 Å². The summed E-state index contributed by atoms with van der Waals surface area (Å²) in [5.74, 6) is 0.816. The number of benzene rings is 1. The van der Waals surface area contributed by atoms with Gasteiger partial charge in [0.05, 0.1) is 10.5 Å². The summed E-state index contributed by atoms with van der Waals surface area (Å²) in [6, 6.07) is 7.41. The maximum absolute atomic E-state index is 11.9. The highest BCUT2D eigenvalue weighted by Crippen LogP contribution is 2.17. The molecule has 1 rings (SSSR count). The second-order valence-electron chi connectivity index (χ2n) is 6.13. The first-order valence-electron chi connectivity index (χ1n) is 7.05. The van der Waals surface area contributed by atoms with Gasteiger partial charge in [0.1, 0.15) is 18.1 Å². The molecular formula is C16H24O4S. The van der Waals surface area contributed by atoms with Crippen molar-refractivity contribution in [3.8, 4) is 5.75 Å². The second kappa shape index (κ2) is 7.07. The van der Waals surface area contributed by atoms with Crippen LogP contribution in [0.15, 0.2) is 24.3 Å². The zero-order chi connectivity index (χ0) is 16.1. The Hall–Kier alpha value is -1.36. The number of hydrogen-bond donors (Lipinski definition) is 0. The number of Topliss-reactive ketones (excluding diaryl/α,β-unsaturated/α-hetero) is 1. The van der Waals surface area contributed by atoms with Crippen LogP contribution >= 0.6 is 0 Å². The maximum atomic E-state index is 11.9. The third-order valence-corrected chi connectivity index (χ3v) is 5.81. The molecule has 0 aliphatic carbocycles. The number of carbonyl (C=O) groups is 1. The van der Waals surface area contributed by atoms with E-state index in [1.807, 2.05) is 12.1 Å². The normalized spacial score (nSPS) is 12.2. The molecule has 118 valence electrons. The molecule has 0 saturated heterocycles. The van der Waals surface area contributed by atoms with Crippen LogP contribution in [0.5, 0.6) is 5.75 Å². The zero-order valence-electron chi connectivity index (χ0n) is 13.2. The molecule has 0 unspecified atom stereocenters. The van der Waals surface area contributed by atoms with E-state index < -0.39 is 14.6 Å². The quantitative estimate of drug-likeness (QED) is 0.777. The first-order valence-corrected chi connectivity index (χ1v) is 8.70. The lowest BCUT2D eigenvalue weighted by molar-refractivity contribution is -0.116. The Bertz CT molecular complexity index is 565. The van der Waals surface area contributed by atoms with Crippen molar-refractivity contribution in [2.75, 3.05) is 12.4 Å². The van der Waals surface area contributed by atoms with Gasteiger partial charge in [0, 0.05) is 6.42 Å². The van der Waals surface area contributed by atoms with Crippen molar-refractivity contribution >= 4 is 15.6 Å². The molecule has 0 bridgehead atoms. The van der Waals surface area contributed by atoms with Gasteiger partial charge in [0.15, 0.2) is 9.84 Å². The highest BCUT2D eigenvalue weighted by molar-refractivity contribution is 7.92. The van der Waals surface area contributed by atoms with E-state index in [1.165, 1.54) is 0 Å². The van der Waals surface area contributed by atoms with Crippen LogP contribution in [0, 0.1) is 0 Å². The summed E-state index contributed by atoms with van der Waals surface area (Å²) in [4.78, 5) is 10.9. The van der Waals surface area contributed by atoms with Crippen molar-refractivity contribution in [3.05, 3.63) is 29.8 Å². The highest BCUT2D eigenvalue weighted by atomic mass is 32.2. The Morgan fingerprint density at radius 2 is 1.71 bits per heavy atom. The van der Waals surface area contributed by atoms with Crippen LogP contribution in [0.2, 0.25) is 0 Å². The second-order valence-corrected chi connectivity index (χ2v) is 8.99. The smallest absolute Gasteiger partial charge is 0.158 e. The van der Waals surface area contributed by atoms with Crippen LogP contribution in [0.4, 0.5) is 0 Å². The summed E-state index contributed by atoms with van der Waals surface area (Å²) in [6.07, 6.45) is 1.25. The molecule has 0 fully saturated rings. The van der Waals surface area contributed by atoms with Gasteiger partial charge in [-0.05, 0) is 51.8 Å². The van der Waals surface area contributed by atoms with Crippen molar-refractivity contribution in [1.29, 1.82) is 0 Å². The zero-order valence-corrected chi connectivity index (χ0v) is 14.0. The summed E-state index contributed by atoms with van der Waals surface area (Å²) < 4.78 is 28.6. The summed E-state index contributed by atoms with van der Waals surface area (Å²) in [5, 5.41) is 0. The first-order chi connectivity index (χ1) is 9.62. The fourth-order valence-corrected chi connectivity index (χ4v) is 2.56. The van der Waals surface area contributed by atoms with Gasteiger partial charge < -0.3 is 9.53 Å².